The number of hydrogen-bond acceptors (Lipinski definition) is 1. The van der Waals surface area contributed by atoms with E-state index in [0.29, 0.717) is 0 Å². The van der Waals surface area contributed by atoms with E-state index in [2.05, 4.69) is 332 Å². The maximum Gasteiger partial charge on any atom is 0.0713 e. The van der Waals surface area contributed by atoms with Crippen LogP contribution in [0.3, 0.4) is 0 Å². The number of fused-ring (bicyclic) bond motifs is 7. The summed E-state index contributed by atoms with van der Waals surface area (Å²) < 4.78 is 0. The minimum absolute atomic E-state index is 0.0384. The van der Waals surface area contributed by atoms with Gasteiger partial charge in [0.15, 0.2) is 0 Å². The van der Waals surface area contributed by atoms with E-state index in [1.165, 1.54) is 105 Å². The van der Waals surface area contributed by atoms with Gasteiger partial charge in [0.2, 0.25) is 0 Å². The SMILES string of the molecule is CC(C)(C)c1cc(-c2cccc3cccc(-c4ccccc4N(c4ccc5c(c4)C(C)(c4ccccc4)c4ccccc4-5)c4ccccc4-c4cccc5c4-c4ccccc4C5(c4ccccc4)c4ccccc4)c23)cc(C(C)(C)C)c1. The summed E-state index contributed by atoms with van der Waals surface area (Å²) in [6.45, 7) is 16.4. The third-order valence-corrected chi connectivity index (χ3v) is 18.1. The third kappa shape index (κ3) is 7.96. The van der Waals surface area contributed by atoms with Crippen molar-refractivity contribution in [2.75, 3.05) is 4.90 Å². The standard InChI is InChI=1S/C81H67N/c1-78(2,3)59-50-55(51-60(52-59)79(4,5)6)62-40-25-28-54-29-26-41-67(76(54)62)65-37-19-23-46-74(65)82(61-48-49-64-63-36-17-21-43-70(63)80(7,73(64)53-61)56-30-11-8-12-31-56)75-47-24-20-38-66(75)68-42-27-45-72-77(68)69-39-18-22-44-71(69)81(72,57-32-13-9-14-33-57)58-34-15-10-16-35-58/h8-53H,1-7H3. The van der Waals surface area contributed by atoms with Crippen LogP contribution < -0.4 is 4.90 Å². The molecule has 14 rings (SSSR count). The van der Waals surface area contributed by atoms with Gasteiger partial charge in [0, 0.05) is 22.2 Å². The minimum Gasteiger partial charge on any atom is -0.309 e. The lowest BCUT2D eigenvalue weighted by molar-refractivity contribution is 0.569. The van der Waals surface area contributed by atoms with E-state index in [1.807, 2.05) is 0 Å². The highest BCUT2D eigenvalue weighted by molar-refractivity contribution is 6.10. The van der Waals surface area contributed by atoms with Gasteiger partial charge in [-0.15, -0.1) is 0 Å². The first-order valence-electron chi connectivity index (χ1n) is 29.2. The van der Waals surface area contributed by atoms with Gasteiger partial charge in [0.1, 0.15) is 0 Å². The number of hydrogen-bond donors (Lipinski definition) is 0. The van der Waals surface area contributed by atoms with E-state index >= 15 is 0 Å². The molecule has 0 saturated heterocycles. The van der Waals surface area contributed by atoms with Gasteiger partial charge in [-0.1, -0.05) is 296 Å². The van der Waals surface area contributed by atoms with E-state index in [1.54, 1.807) is 0 Å². The molecule has 0 fully saturated rings. The van der Waals surface area contributed by atoms with Crippen LogP contribution >= 0.6 is 0 Å². The van der Waals surface area contributed by atoms with E-state index in [4.69, 9.17) is 0 Å². The summed E-state index contributed by atoms with van der Waals surface area (Å²) in [4.78, 5) is 2.58. The van der Waals surface area contributed by atoms with Crippen LogP contribution in [0.4, 0.5) is 17.1 Å². The highest BCUT2D eigenvalue weighted by atomic mass is 15.1. The molecular weight excluding hydrogens is 987 g/mol. The summed E-state index contributed by atoms with van der Waals surface area (Å²) in [5.74, 6) is 0. The fraction of sp³-hybridized carbons (Fsp3) is 0.136. The molecule has 0 saturated carbocycles. The largest absolute Gasteiger partial charge is 0.309 e. The summed E-state index contributed by atoms with van der Waals surface area (Å²) in [5, 5.41) is 2.45. The summed E-state index contributed by atoms with van der Waals surface area (Å²) in [6, 6.07) is 105. The number of benzene rings is 12. The molecule has 0 N–H and O–H groups in total. The van der Waals surface area contributed by atoms with Gasteiger partial charge < -0.3 is 4.90 Å². The van der Waals surface area contributed by atoms with Crippen LogP contribution in [-0.4, -0.2) is 0 Å². The highest BCUT2D eigenvalue weighted by Gasteiger charge is 2.47. The van der Waals surface area contributed by atoms with Crippen molar-refractivity contribution in [1.82, 2.24) is 0 Å². The fourth-order valence-electron chi connectivity index (χ4n) is 14.1. The Balaban J connectivity index is 1.05. The average Bonchev–Trinajstić information content (AvgIpc) is 1.81. The van der Waals surface area contributed by atoms with E-state index in [-0.39, 0.29) is 10.8 Å². The topological polar surface area (TPSA) is 3.24 Å². The molecule has 12 aromatic rings. The molecule has 2 aliphatic carbocycles. The van der Waals surface area contributed by atoms with Crippen molar-refractivity contribution in [3.8, 4) is 55.6 Å². The molecule has 0 bridgehead atoms. The molecule has 1 heteroatoms. The summed E-state index contributed by atoms with van der Waals surface area (Å²) in [5.41, 5.74) is 26.2. The molecule has 1 nitrogen and oxygen atoms in total. The molecule has 1 atom stereocenters. The maximum atomic E-state index is 2.58. The molecule has 0 heterocycles. The first-order chi connectivity index (χ1) is 39.8. The first-order valence-corrected chi connectivity index (χ1v) is 29.2. The molecule has 0 aromatic heterocycles. The quantitative estimate of drug-likeness (QED) is 0.139. The van der Waals surface area contributed by atoms with Crippen molar-refractivity contribution in [2.24, 2.45) is 0 Å². The van der Waals surface area contributed by atoms with E-state index < -0.39 is 10.8 Å². The van der Waals surface area contributed by atoms with Crippen molar-refractivity contribution in [1.29, 1.82) is 0 Å². The molecular formula is C81H67N. The fourth-order valence-corrected chi connectivity index (χ4v) is 14.1. The third-order valence-electron chi connectivity index (χ3n) is 18.1. The summed E-state index contributed by atoms with van der Waals surface area (Å²) in [6.07, 6.45) is 0. The van der Waals surface area contributed by atoms with Gasteiger partial charge in [-0.3, -0.25) is 0 Å². The number of rotatable bonds is 9. The van der Waals surface area contributed by atoms with Crippen LogP contribution in [0.1, 0.15) is 98.5 Å². The van der Waals surface area contributed by atoms with Gasteiger partial charge in [0.25, 0.3) is 0 Å². The normalized spacial score (nSPS) is 14.9. The second kappa shape index (κ2) is 19.5. The van der Waals surface area contributed by atoms with Crippen molar-refractivity contribution >= 4 is 27.8 Å². The smallest absolute Gasteiger partial charge is 0.0713 e. The van der Waals surface area contributed by atoms with Crippen LogP contribution in [0.2, 0.25) is 0 Å². The van der Waals surface area contributed by atoms with Gasteiger partial charge in [0.05, 0.1) is 16.8 Å². The van der Waals surface area contributed by atoms with Gasteiger partial charge in [-0.2, -0.15) is 0 Å². The first kappa shape index (κ1) is 50.9. The Morgan fingerprint density at radius 1 is 0.305 bits per heavy atom. The zero-order chi connectivity index (χ0) is 56.0. The van der Waals surface area contributed by atoms with E-state index in [0.717, 1.165) is 28.2 Å². The van der Waals surface area contributed by atoms with Crippen LogP contribution in [-0.2, 0) is 21.7 Å². The second-order valence-electron chi connectivity index (χ2n) is 24.9. The van der Waals surface area contributed by atoms with E-state index in [9.17, 15) is 0 Å². The lowest BCUT2D eigenvalue weighted by atomic mass is 9.67. The monoisotopic (exact) mass is 1050 g/mol. The molecule has 1 unspecified atom stereocenters. The minimum atomic E-state index is -0.547. The van der Waals surface area contributed by atoms with Crippen molar-refractivity contribution in [3.05, 3.63) is 329 Å². The highest BCUT2D eigenvalue weighted by Crippen LogP contribution is 2.60. The molecule has 0 amide bonds. The van der Waals surface area contributed by atoms with Gasteiger partial charge in [-0.05, 0) is 147 Å². The molecule has 0 radical (unpaired) electrons. The average molecular weight is 1050 g/mol. The predicted molar refractivity (Wildman–Crippen MR) is 347 cm³/mol. The Hall–Kier alpha value is -9.30. The Kier molecular flexibility index (Phi) is 12.1. The van der Waals surface area contributed by atoms with Crippen molar-refractivity contribution in [2.45, 2.75) is 70.1 Å². The Morgan fingerprint density at radius 3 is 1.34 bits per heavy atom. The second-order valence-corrected chi connectivity index (χ2v) is 24.9. The molecule has 2 aliphatic rings. The van der Waals surface area contributed by atoms with Crippen LogP contribution in [0.5, 0.6) is 0 Å². The molecule has 0 aliphatic heterocycles. The van der Waals surface area contributed by atoms with Crippen molar-refractivity contribution < 1.29 is 0 Å². The van der Waals surface area contributed by atoms with Crippen LogP contribution in [0.25, 0.3) is 66.4 Å². The summed E-state index contributed by atoms with van der Waals surface area (Å²) >= 11 is 0. The lowest BCUT2D eigenvalue weighted by Crippen LogP contribution is -2.28. The number of nitrogens with zero attached hydrogens (tertiary/aromatic N) is 1. The lowest BCUT2D eigenvalue weighted by Gasteiger charge is -2.34. The molecule has 82 heavy (non-hydrogen) atoms. The molecule has 12 aromatic carbocycles. The van der Waals surface area contributed by atoms with Crippen LogP contribution in [0, 0.1) is 0 Å². The van der Waals surface area contributed by atoms with Crippen molar-refractivity contribution in [3.63, 3.8) is 0 Å². The zero-order valence-corrected chi connectivity index (χ0v) is 48.0. The van der Waals surface area contributed by atoms with Gasteiger partial charge >= 0.3 is 0 Å². The maximum absolute atomic E-state index is 2.58. The Morgan fingerprint density at radius 2 is 0.744 bits per heavy atom. The molecule has 396 valence electrons. The zero-order valence-electron chi connectivity index (χ0n) is 48.0. The summed E-state index contributed by atoms with van der Waals surface area (Å²) in [7, 11) is 0. The molecule has 0 spiro atoms. The number of anilines is 3. The number of para-hydroxylation sites is 2. The Bertz CT molecular complexity index is 4340. The van der Waals surface area contributed by atoms with Gasteiger partial charge in [-0.25, -0.2) is 0 Å². The predicted octanol–water partition coefficient (Wildman–Crippen LogP) is 21.6. The Labute approximate surface area is 484 Å². The van der Waals surface area contributed by atoms with Crippen LogP contribution in [0.15, 0.2) is 279 Å².